The lowest BCUT2D eigenvalue weighted by Crippen LogP contribution is -2.70. The highest BCUT2D eigenvalue weighted by Crippen LogP contribution is 2.43. The van der Waals surface area contributed by atoms with Crippen LogP contribution in [0.25, 0.3) is 5.57 Å². The first-order valence-corrected chi connectivity index (χ1v) is 5.66. The molecule has 2 rings (SSSR count). The van der Waals surface area contributed by atoms with Crippen LogP contribution in [0.2, 0.25) is 0 Å². The Hall–Kier alpha value is -1.67. The minimum atomic E-state index is -4.91. The Kier molecular flexibility index (Phi) is 3.26. The molecule has 0 amide bonds. The van der Waals surface area contributed by atoms with E-state index in [2.05, 4.69) is 0 Å². The first-order chi connectivity index (χ1) is 9.07. The maximum absolute atomic E-state index is 13.2. The van der Waals surface area contributed by atoms with Gasteiger partial charge in [0.05, 0.1) is 5.57 Å². The Balaban J connectivity index is 2.74. The van der Waals surface area contributed by atoms with Gasteiger partial charge in [-0.2, -0.15) is 13.2 Å². The van der Waals surface area contributed by atoms with E-state index in [-0.39, 0.29) is 11.1 Å². The molecule has 20 heavy (non-hydrogen) atoms. The predicted molar refractivity (Wildman–Crippen MR) is 66.8 cm³/mol. The smallest absolute Gasteiger partial charge is 0.360 e. The molecule has 0 fully saturated rings. The average Bonchev–Trinajstić information content (AvgIpc) is 2.32. The maximum atomic E-state index is 13.2. The standard InChI is InChI=1S/C13H13F3N2O2/c14-13(15,16)10-9(8-4-2-1-3-5-8)6-7-11(19,20)12(10,17)18/h1-7,19-20H,17-18H2. The number of rotatable bonds is 1. The summed E-state index contributed by atoms with van der Waals surface area (Å²) in [5.41, 5.74) is 6.41. The largest absolute Gasteiger partial charge is 0.416 e. The van der Waals surface area contributed by atoms with Gasteiger partial charge in [0, 0.05) is 0 Å². The van der Waals surface area contributed by atoms with Gasteiger partial charge in [-0.1, -0.05) is 36.4 Å². The maximum Gasteiger partial charge on any atom is 0.416 e. The molecule has 108 valence electrons. The molecule has 0 atom stereocenters. The van der Waals surface area contributed by atoms with Gasteiger partial charge >= 0.3 is 6.18 Å². The molecule has 1 aromatic rings. The molecular weight excluding hydrogens is 273 g/mol. The van der Waals surface area contributed by atoms with Crippen molar-refractivity contribution in [3.8, 4) is 0 Å². The fourth-order valence-corrected chi connectivity index (χ4v) is 2.07. The molecule has 0 spiro atoms. The molecule has 7 heteroatoms. The molecule has 0 aromatic heterocycles. The lowest BCUT2D eigenvalue weighted by Gasteiger charge is -2.41. The lowest BCUT2D eigenvalue weighted by atomic mass is 9.80. The summed E-state index contributed by atoms with van der Waals surface area (Å²) in [5, 5.41) is 19.2. The first-order valence-electron chi connectivity index (χ1n) is 5.66. The van der Waals surface area contributed by atoms with Gasteiger partial charge in [-0.3, -0.25) is 0 Å². The van der Waals surface area contributed by atoms with Crippen molar-refractivity contribution in [3.05, 3.63) is 53.6 Å². The molecule has 1 aliphatic carbocycles. The fourth-order valence-electron chi connectivity index (χ4n) is 2.07. The normalized spacial score (nSPS) is 21.1. The number of alkyl halides is 3. The number of hydrogen-bond donors (Lipinski definition) is 4. The number of nitrogens with two attached hydrogens (primary N) is 2. The van der Waals surface area contributed by atoms with Crippen LogP contribution < -0.4 is 11.5 Å². The van der Waals surface area contributed by atoms with E-state index in [4.69, 9.17) is 11.5 Å². The van der Waals surface area contributed by atoms with E-state index in [1.54, 1.807) is 18.2 Å². The summed E-state index contributed by atoms with van der Waals surface area (Å²) in [5.74, 6) is -2.99. The van der Waals surface area contributed by atoms with E-state index >= 15 is 0 Å². The summed E-state index contributed by atoms with van der Waals surface area (Å²) in [6, 6.07) is 7.65. The van der Waals surface area contributed by atoms with E-state index in [9.17, 15) is 23.4 Å². The van der Waals surface area contributed by atoms with E-state index in [1.807, 2.05) is 0 Å². The minimum absolute atomic E-state index is 0.229. The third kappa shape index (κ3) is 2.25. The van der Waals surface area contributed by atoms with Gasteiger partial charge in [-0.25, -0.2) is 0 Å². The van der Waals surface area contributed by atoms with Crippen molar-refractivity contribution in [1.29, 1.82) is 0 Å². The van der Waals surface area contributed by atoms with Crippen molar-refractivity contribution in [3.63, 3.8) is 0 Å². The summed E-state index contributed by atoms with van der Waals surface area (Å²) in [7, 11) is 0. The molecule has 6 N–H and O–H groups in total. The lowest BCUT2D eigenvalue weighted by molar-refractivity contribution is -0.182. The zero-order valence-electron chi connectivity index (χ0n) is 10.2. The Labute approximate surface area is 112 Å². The highest BCUT2D eigenvalue weighted by Gasteiger charge is 2.57. The third-order valence-corrected chi connectivity index (χ3v) is 3.14. The Bertz CT molecular complexity index is 575. The summed E-state index contributed by atoms with van der Waals surface area (Å²) < 4.78 is 39.7. The van der Waals surface area contributed by atoms with Crippen LogP contribution in [0, 0.1) is 0 Å². The van der Waals surface area contributed by atoms with Crippen molar-refractivity contribution in [2.75, 3.05) is 0 Å². The Morgan fingerprint density at radius 2 is 1.55 bits per heavy atom. The second-order valence-electron chi connectivity index (χ2n) is 4.58. The number of allylic oxidation sites excluding steroid dienone is 2. The predicted octanol–water partition coefficient (Wildman–Crippen LogP) is 0.867. The summed E-state index contributed by atoms with van der Waals surface area (Å²) in [4.78, 5) is 0. The molecular formula is C13H13F3N2O2. The van der Waals surface area contributed by atoms with Crippen molar-refractivity contribution in [2.24, 2.45) is 11.5 Å². The molecule has 0 unspecified atom stereocenters. The van der Waals surface area contributed by atoms with Crippen molar-refractivity contribution < 1.29 is 23.4 Å². The monoisotopic (exact) mass is 286 g/mol. The summed E-state index contributed by atoms with van der Waals surface area (Å²) in [6.07, 6.45) is -3.21. The molecule has 0 saturated heterocycles. The molecule has 0 bridgehead atoms. The van der Waals surface area contributed by atoms with Gasteiger partial charge in [0.15, 0.2) is 5.66 Å². The van der Waals surface area contributed by atoms with E-state index in [0.29, 0.717) is 0 Å². The van der Waals surface area contributed by atoms with Gasteiger partial charge in [0.2, 0.25) is 5.79 Å². The number of aliphatic hydroxyl groups is 2. The quantitative estimate of drug-likeness (QED) is 0.576. The molecule has 1 aliphatic rings. The second kappa shape index (κ2) is 4.42. The van der Waals surface area contributed by atoms with Crippen LogP contribution in [0.1, 0.15) is 5.56 Å². The minimum Gasteiger partial charge on any atom is -0.360 e. The zero-order valence-corrected chi connectivity index (χ0v) is 10.2. The van der Waals surface area contributed by atoms with Crippen LogP contribution in [0.3, 0.4) is 0 Å². The molecule has 0 radical (unpaired) electrons. The SMILES string of the molecule is NC1(N)C(C(F)(F)F)=C(c2ccccc2)C=CC1(O)O. The molecule has 0 heterocycles. The van der Waals surface area contributed by atoms with Gasteiger partial charge in [-0.05, 0) is 17.2 Å². The van der Waals surface area contributed by atoms with Crippen molar-refractivity contribution in [2.45, 2.75) is 17.6 Å². The van der Waals surface area contributed by atoms with E-state index < -0.39 is 23.2 Å². The molecule has 0 saturated carbocycles. The molecule has 0 aliphatic heterocycles. The third-order valence-electron chi connectivity index (χ3n) is 3.14. The highest BCUT2D eigenvalue weighted by molar-refractivity contribution is 5.81. The van der Waals surface area contributed by atoms with Crippen molar-refractivity contribution >= 4 is 5.57 Å². The average molecular weight is 286 g/mol. The van der Waals surface area contributed by atoms with Crippen LogP contribution in [-0.4, -0.2) is 27.8 Å². The number of halogens is 3. The van der Waals surface area contributed by atoms with Crippen LogP contribution in [0.4, 0.5) is 13.2 Å². The van der Waals surface area contributed by atoms with Gasteiger partial charge in [0.25, 0.3) is 0 Å². The van der Waals surface area contributed by atoms with Crippen LogP contribution in [0.5, 0.6) is 0 Å². The highest BCUT2D eigenvalue weighted by atomic mass is 19.4. The summed E-state index contributed by atoms with van der Waals surface area (Å²) in [6.45, 7) is 0. The first kappa shape index (κ1) is 14.7. The number of benzene rings is 1. The fraction of sp³-hybridized carbons (Fsp3) is 0.231. The Morgan fingerprint density at radius 1 is 1.00 bits per heavy atom. The Morgan fingerprint density at radius 3 is 2.05 bits per heavy atom. The van der Waals surface area contributed by atoms with Gasteiger partial charge in [-0.15, -0.1) is 0 Å². The molecule has 4 nitrogen and oxygen atoms in total. The van der Waals surface area contributed by atoms with Crippen molar-refractivity contribution in [1.82, 2.24) is 0 Å². The van der Waals surface area contributed by atoms with Crippen LogP contribution in [0.15, 0.2) is 48.1 Å². The van der Waals surface area contributed by atoms with Crippen LogP contribution in [-0.2, 0) is 0 Å². The van der Waals surface area contributed by atoms with Crippen LogP contribution >= 0.6 is 0 Å². The van der Waals surface area contributed by atoms with E-state index in [0.717, 1.165) is 12.2 Å². The van der Waals surface area contributed by atoms with Gasteiger partial charge in [0.1, 0.15) is 0 Å². The second-order valence-corrected chi connectivity index (χ2v) is 4.58. The van der Waals surface area contributed by atoms with Gasteiger partial charge < -0.3 is 21.7 Å². The zero-order chi connectivity index (χ0) is 15.2. The molecule has 1 aromatic carbocycles. The van der Waals surface area contributed by atoms with E-state index in [1.165, 1.54) is 12.1 Å². The number of hydrogen-bond acceptors (Lipinski definition) is 4. The summed E-state index contributed by atoms with van der Waals surface area (Å²) >= 11 is 0. The topological polar surface area (TPSA) is 92.5 Å².